The maximum atomic E-state index is 13.7. The van der Waals surface area contributed by atoms with Gasteiger partial charge in [-0.25, -0.2) is 0 Å². The van der Waals surface area contributed by atoms with Crippen LogP contribution >= 0.6 is 24.8 Å². The number of hydrogen-bond acceptors (Lipinski definition) is 5. The van der Waals surface area contributed by atoms with Gasteiger partial charge in [-0.15, -0.1) is 24.8 Å². The number of aryl methyl sites for hydroxylation is 2. The van der Waals surface area contributed by atoms with Crippen molar-refractivity contribution in [3.05, 3.63) is 69.8 Å². The molecule has 2 aromatic carbocycles. The number of carbonyl (C=O) groups excluding carboxylic acids is 1. The Morgan fingerprint density at radius 3 is 2.16 bits per heavy atom. The highest BCUT2D eigenvalue weighted by molar-refractivity contribution is 5.95. The Hall–Kier alpha value is -2.09. The van der Waals surface area contributed by atoms with Gasteiger partial charge in [0, 0.05) is 58.0 Å². The summed E-state index contributed by atoms with van der Waals surface area (Å²) in [4.78, 5) is 19.6. The van der Waals surface area contributed by atoms with Crippen LogP contribution in [0.3, 0.4) is 0 Å². The number of benzene rings is 2. The summed E-state index contributed by atoms with van der Waals surface area (Å²) in [5, 5.41) is 0. The molecule has 0 aliphatic carbocycles. The molecule has 0 aromatic heterocycles. The molecule has 2 aromatic rings. The monoisotopic (exact) mass is 687 g/mol. The van der Waals surface area contributed by atoms with Gasteiger partial charge in [0.2, 0.25) is 0 Å². The number of carbonyl (C=O) groups is 1. The molecule has 2 saturated heterocycles. The van der Waals surface area contributed by atoms with Crippen LogP contribution in [0.15, 0.2) is 36.4 Å². The summed E-state index contributed by atoms with van der Waals surface area (Å²) in [5.41, 5.74) is -0.823. The van der Waals surface area contributed by atoms with Gasteiger partial charge >= 0.3 is 12.4 Å². The van der Waals surface area contributed by atoms with Crippen LogP contribution in [0.4, 0.5) is 26.3 Å². The van der Waals surface area contributed by atoms with Gasteiger partial charge in [0.1, 0.15) is 0 Å². The quantitative estimate of drug-likeness (QED) is 0.306. The molecule has 0 N–H and O–H groups in total. The second-order valence-corrected chi connectivity index (χ2v) is 11.8. The van der Waals surface area contributed by atoms with Gasteiger partial charge in [-0.3, -0.25) is 14.6 Å². The number of amides is 1. The summed E-state index contributed by atoms with van der Waals surface area (Å²) < 4.78 is 92.4. The van der Waals surface area contributed by atoms with E-state index in [4.69, 9.17) is 9.47 Å². The Balaban J connectivity index is 0.00000353. The Kier molecular flexibility index (Phi) is 13.6. The summed E-state index contributed by atoms with van der Waals surface area (Å²) in [5.74, 6) is -0.842. The Morgan fingerprint density at radius 1 is 0.933 bits per heavy atom. The number of rotatable bonds is 8. The van der Waals surface area contributed by atoms with Crippen molar-refractivity contribution in [2.24, 2.45) is 0 Å². The van der Waals surface area contributed by atoms with Crippen molar-refractivity contribution in [3.8, 4) is 0 Å². The van der Waals surface area contributed by atoms with E-state index in [0.29, 0.717) is 58.0 Å². The summed E-state index contributed by atoms with van der Waals surface area (Å²) in [6.45, 7) is 10.8. The van der Waals surface area contributed by atoms with Crippen molar-refractivity contribution in [2.45, 2.75) is 51.1 Å². The SMILES string of the molecule is COCC1(C)COCCN1CCN1CCN(C(=O)c2cc(C(F)(F)F)cc(C(F)(F)F)c2)[C@H](Cc2ccc(C)c(C)c2)C1.Cl.Cl. The summed E-state index contributed by atoms with van der Waals surface area (Å²) in [7, 11) is 1.65. The van der Waals surface area contributed by atoms with E-state index in [0.717, 1.165) is 29.8 Å². The number of alkyl halides is 6. The predicted octanol–water partition coefficient (Wildman–Crippen LogP) is 6.29. The average molecular weight is 689 g/mol. The van der Waals surface area contributed by atoms with Gasteiger partial charge in [-0.1, -0.05) is 18.2 Å². The minimum atomic E-state index is -5.04. The van der Waals surface area contributed by atoms with Gasteiger partial charge in [-0.2, -0.15) is 26.3 Å². The number of methoxy groups -OCH3 is 1. The zero-order chi connectivity index (χ0) is 31.6. The topological polar surface area (TPSA) is 45.3 Å². The smallest absolute Gasteiger partial charge is 0.383 e. The molecule has 0 spiro atoms. The molecule has 14 heteroatoms. The number of piperazine rings is 1. The molecular formula is C31H41Cl2F6N3O3. The average Bonchev–Trinajstić information content (AvgIpc) is 2.93. The fraction of sp³-hybridized carbons (Fsp3) is 0.581. The molecule has 0 bridgehead atoms. The van der Waals surface area contributed by atoms with Crippen molar-refractivity contribution in [3.63, 3.8) is 0 Å². The lowest BCUT2D eigenvalue weighted by Gasteiger charge is -2.46. The lowest BCUT2D eigenvalue weighted by molar-refractivity contribution is -0.143. The third kappa shape index (κ3) is 9.71. The molecule has 2 atom stereocenters. The number of ether oxygens (including phenoxy) is 2. The molecule has 0 radical (unpaired) electrons. The van der Waals surface area contributed by atoms with Crippen molar-refractivity contribution >= 4 is 30.7 Å². The highest BCUT2D eigenvalue weighted by Gasteiger charge is 2.40. The second kappa shape index (κ2) is 15.7. The van der Waals surface area contributed by atoms with E-state index >= 15 is 0 Å². The third-order valence-corrected chi connectivity index (χ3v) is 8.53. The van der Waals surface area contributed by atoms with E-state index in [1.807, 2.05) is 32.0 Å². The van der Waals surface area contributed by atoms with E-state index in [1.165, 1.54) is 4.90 Å². The molecule has 254 valence electrons. The number of nitrogens with zero attached hydrogens (tertiary/aromatic N) is 3. The molecule has 1 amide bonds. The first-order valence-electron chi connectivity index (χ1n) is 14.3. The molecule has 2 aliphatic heterocycles. The first kappa shape index (κ1) is 39.1. The van der Waals surface area contributed by atoms with Gasteiger partial charge in [0.25, 0.3) is 5.91 Å². The number of hydrogen-bond donors (Lipinski definition) is 0. The Bertz CT molecular complexity index is 1260. The number of morpholine rings is 1. The molecule has 45 heavy (non-hydrogen) atoms. The number of halogens is 8. The van der Waals surface area contributed by atoms with Crippen LogP contribution < -0.4 is 0 Å². The third-order valence-electron chi connectivity index (χ3n) is 8.53. The van der Waals surface area contributed by atoms with Crippen molar-refractivity contribution in [2.75, 3.05) is 66.2 Å². The molecule has 0 saturated carbocycles. The lowest BCUT2D eigenvalue weighted by atomic mass is 9.97. The molecule has 4 rings (SSSR count). The van der Waals surface area contributed by atoms with Crippen LogP contribution in [0, 0.1) is 13.8 Å². The van der Waals surface area contributed by atoms with E-state index in [-0.39, 0.29) is 43.0 Å². The van der Waals surface area contributed by atoms with Crippen LogP contribution in [0.25, 0.3) is 0 Å². The summed E-state index contributed by atoms with van der Waals surface area (Å²) in [6, 6.07) is 6.55. The van der Waals surface area contributed by atoms with Gasteiger partial charge < -0.3 is 14.4 Å². The van der Waals surface area contributed by atoms with Gasteiger partial charge in [0.05, 0.1) is 36.5 Å². The first-order valence-corrected chi connectivity index (χ1v) is 14.3. The lowest BCUT2D eigenvalue weighted by Crippen LogP contribution is -2.61. The molecule has 2 heterocycles. The van der Waals surface area contributed by atoms with Crippen LogP contribution in [0.1, 0.15) is 45.1 Å². The normalized spacial score (nSPS) is 21.6. The molecule has 2 aliphatic rings. The van der Waals surface area contributed by atoms with Crippen LogP contribution in [-0.2, 0) is 28.2 Å². The maximum absolute atomic E-state index is 13.7. The van der Waals surface area contributed by atoms with Crippen molar-refractivity contribution in [1.29, 1.82) is 0 Å². The van der Waals surface area contributed by atoms with E-state index < -0.39 is 41.0 Å². The summed E-state index contributed by atoms with van der Waals surface area (Å²) >= 11 is 0. The fourth-order valence-electron chi connectivity index (χ4n) is 5.93. The minimum Gasteiger partial charge on any atom is -0.383 e. The van der Waals surface area contributed by atoms with Gasteiger partial charge in [0.15, 0.2) is 0 Å². The zero-order valence-electron chi connectivity index (χ0n) is 25.8. The molecule has 6 nitrogen and oxygen atoms in total. The van der Waals surface area contributed by atoms with Crippen LogP contribution in [0.2, 0.25) is 0 Å². The Morgan fingerprint density at radius 2 is 1.58 bits per heavy atom. The van der Waals surface area contributed by atoms with Crippen LogP contribution in [-0.4, -0.2) is 98.4 Å². The maximum Gasteiger partial charge on any atom is 0.416 e. The standard InChI is InChI=1S/C31H39F6N3O3.2ClH/c1-21-5-6-23(13-22(21)2)14-27-18-38(7-9-39-11-12-43-20-29(39,3)19-42-4)8-10-40(27)28(41)24-15-25(30(32,33)34)17-26(16-24)31(35,36)37;;/h5-6,13,15-17,27H,7-12,14,18-20H2,1-4H3;2*1H/t27-,29?;;/m1../s1. The highest BCUT2D eigenvalue weighted by Crippen LogP contribution is 2.37. The van der Waals surface area contributed by atoms with Crippen LogP contribution in [0.5, 0.6) is 0 Å². The van der Waals surface area contributed by atoms with E-state index in [2.05, 4.69) is 16.7 Å². The second-order valence-electron chi connectivity index (χ2n) is 11.8. The zero-order valence-corrected chi connectivity index (χ0v) is 27.4. The highest BCUT2D eigenvalue weighted by atomic mass is 35.5. The molecular weight excluding hydrogens is 647 g/mol. The fourth-order valence-corrected chi connectivity index (χ4v) is 5.93. The summed E-state index contributed by atoms with van der Waals surface area (Å²) in [6.07, 6.45) is -9.66. The largest absolute Gasteiger partial charge is 0.416 e. The van der Waals surface area contributed by atoms with E-state index in [9.17, 15) is 31.1 Å². The first-order chi connectivity index (χ1) is 20.1. The Labute approximate surface area is 272 Å². The van der Waals surface area contributed by atoms with E-state index in [1.54, 1.807) is 7.11 Å². The van der Waals surface area contributed by atoms with Crippen molar-refractivity contribution in [1.82, 2.24) is 14.7 Å². The van der Waals surface area contributed by atoms with Gasteiger partial charge in [-0.05, 0) is 62.1 Å². The van der Waals surface area contributed by atoms with Crippen molar-refractivity contribution < 1.29 is 40.6 Å². The minimum absolute atomic E-state index is 0. The molecule has 1 unspecified atom stereocenters. The predicted molar refractivity (Wildman–Crippen MR) is 164 cm³/mol. The molecule has 2 fully saturated rings.